The Kier molecular flexibility index (Phi) is 2.66. The van der Waals surface area contributed by atoms with Gasteiger partial charge >= 0.3 is 0 Å². The summed E-state index contributed by atoms with van der Waals surface area (Å²) in [5.41, 5.74) is 2.94. The van der Waals surface area contributed by atoms with E-state index in [4.69, 9.17) is 0 Å². The van der Waals surface area contributed by atoms with Crippen molar-refractivity contribution < 1.29 is 0 Å². The molecule has 2 rings (SSSR count). The summed E-state index contributed by atoms with van der Waals surface area (Å²) in [5, 5.41) is 2.18. The SMILES string of the molecule is CC(C)(C)c1sccc1-c1ccccc1. The van der Waals surface area contributed by atoms with Crippen molar-refractivity contribution in [3.05, 3.63) is 46.7 Å². The fourth-order valence-corrected chi connectivity index (χ4v) is 2.74. The molecule has 0 aliphatic rings. The van der Waals surface area contributed by atoms with Crippen LogP contribution in [0.5, 0.6) is 0 Å². The molecule has 0 nitrogen and oxygen atoms in total. The highest BCUT2D eigenvalue weighted by molar-refractivity contribution is 7.10. The zero-order valence-electron chi connectivity index (χ0n) is 9.45. The fraction of sp³-hybridized carbons (Fsp3) is 0.286. The average molecular weight is 216 g/mol. The molecule has 0 radical (unpaired) electrons. The Bertz CT molecular complexity index is 432. The first-order valence-corrected chi connectivity index (χ1v) is 6.10. The summed E-state index contributed by atoms with van der Waals surface area (Å²) >= 11 is 1.85. The second-order valence-electron chi connectivity index (χ2n) is 4.78. The Hall–Kier alpha value is -1.08. The summed E-state index contributed by atoms with van der Waals surface area (Å²) in [6.45, 7) is 6.81. The van der Waals surface area contributed by atoms with Crippen molar-refractivity contribution in [3.63, 3.8) is 0 Å². The van der Waals surface area contributed by atoms with Gasteiger partial charge < -0.3 is 0 Å². The van der Waals surface area contributed by atoms with Crippen LogP contribution in [0.15, 0.2) is 41.8 Å². The number of hydrogen-bond acceptors (Lipinski definition) is 1. The minimum absolute atomic E-state index is 0.235. The van der Waals surface area contributed by atoms with Crippen LogP contribution in [0, 0.1) is 0 Å². The summed E-state index contributed by atoms with van der Waals surface area (Å²) in [6, 6.07) is 12.8. The number of rotatable bonds is 1. The second kappa shape index (κ2) is 3.82. The van der Waals surface area contributed by atoms with Crippen LogP contribution in [0.2, 0.25) is 0 Å². The Morgan fingerprint density at radius 1 is 0.933 bits per heavy atom. The molecule has 2 aromatic rings. The number of thiophene rings is 1. The summed E-state index contributed by atoms with van der Waals surface area (Å²) in [5.74, 6) is 0. The van der Waals surface area contributed by atoms with Gasteiger partial charge in [-0.3, -0.25) is 0 Å². The molecule has 0 aliphatic carbocycles. The Labute approximate surface area is 95.6 Å². The molecule has 0 saturated heterocycles. The maximum atomic E-state index is 2.27. The Morgan fingerprint density at radius 2 is 1.60 bits per heavy atom. The molecule has 0 aliphatic heterocycles. The van der Waals surface area contributed by atoms with Crippen LogP contribution in [-0.2, 0) is 5.41 Å². The van der Waals surface area contributed by atoms with Crippen LogP contribution in [0.4, 0.5) is 0 Å². The highest BCUT2D eigenvalue weighted by Gasteiger charge is 2.19. The lowest BCUT2D eigenvalue weighted by molar-refractivity contribution is 0.605. The predicted octanol–water partition coefficient (Wildman–Crippen LogP) is 4.71. The van der Waals surface area contributed by atoms with Gasteiger partial charge in [0.25, 0.3) is 0 Å². The van der Waals surface area contributed by atoms with Crippen molar-refractivity contribution in [1.29, 1.82) is 0 Å². The molecule has 0 N–H and O–H groups in total. The smallest absolute Gasteiger partial charge is 0.0177 e. The minimum Gasteiger partial charge on any atom is -0.148 e. The van der Waals surface area contributed by atoms with E-state index in [0.29, 0.717) is 0 Å². The summed E-state index contributed by atoms with van der Waals surface area (Å²) < 4.78 is 0. The molecule has 1 heterocycles. The van der Waals surface area contributed by atoms with Crippen LogP contribution in [0.3, 0.4) is 0 Å². The van der Waals surface area contributed by atoms with Gasteiger partial charge in [-0.2, -0.15) is 0 Å². The quantitative estimate of drug-likeness (QED) is 0.647. The molecule has 0 unspecified atom stereocenters. The second-order valence-corrected chi connectivity index (χ2v) is 5.70. The monoisotopic (exact) mass is 216 g/mol. The molecule has 0 atom stereocenters. The van der Waals surface area contributed by atoms with E-state index in [1.807, 2.05) is 11.3 Å². The van der Waals surface area contributed by atoms with Gasteiger partial charge in [0.1, 0.15) is 0 Å². The molecule has 1 heteroatoms. The molecule has 0 fully saturated rings. The van der Waals surface area contributed by atoms with Crippen LogP contribution in [0.1, 0.15) is 25.6 Å². The van der Waals surface area contributed by atoms with Crippen molar-refractivity contribution in [3.8, 4) is 11.1 Å². The van der Waals surface area contributed by atoms with E-state index >= 15 is 0 Å². The van der Waals surface area contributed by atoms with Gasteiger partial charge in [-0.05, 0) is 28.0 Å². The predicted molar refractivity (Wildman–Crippen MR) is 68.5 cm³/mol. The van der Waals surface area contributed by atoms with Crippen LogP contribution < -0.4 is 0 Å². The van der Waals surface area contributed by atoms with Gasteiger partial charge in [-0.25, -0.2) is 0 Å². The highest BCUT2D eigenvalue weighted by Crippen LogP contribution is 2.36. The first-order chi connectivity index (χ1) is 7.09. The third kappa shape index (κ3) is 2.13. The van der Waals surface area contributed by atoms with Gasteiger partial charge in [0, 0.05) is 4.88 Å². The number of hydrogen-bond donors (Lipinski definition) is 0. The van der Waals surface area contributed by atoms with Crippen LogP contribution in [-0.4, -0.2) is 0 Å². The molecular formula is C14H16S. The van der Waals surface area contributed by atoms with Gasteiger partial charge in [0.15, 0.2) is 0 Å². The zero-order valence-corrected chi connectivity index (χ0v) is 10.3. The largest absolute Gasteiger partial charge is 0.148 e. The molecule has 78 valence electrons. The zero-order chi connectivity index (χ0) is 10.9. The van der Waals surface area contributed by atoms with E-state index in [2.05, 4.69) is 62.5 Å². The number of benzene rings is 1. The average Bonchev–Trinajstić information content (AvgIpc) is 2.67. The first-order valence-electron chi connectivity index (χ1n) is 5.22. The van der Waals surface area contributed by atoms with Gasteiger partial charge in [-0.15, -0.1) is 11.3 Å². The standard InChI is InChI=1S/C14H16S/c1-14(2,3)13-12(9-10-15-13)11-7-5-4-6-8-11/h4-10H,1-3H3. The highest BCUT2D eigenvalue weighted by atomic mass is 32.1. The first kappa shape index (κ1) is 10.4. The molecule has 15 heavy (non-hydrogen) atoms. The summed E-state index contributed by atoms with van der Waals surface area (Å²) in [4.78, 5) is 1.47. The van der Waals surface area contributed by atoms with Crippen molar-refractivity contribution in [2.75, 3.05) is 0 Å². The molecule has 0 amide bonds. The fourth-order valence-electron chi connectivity index (χ4n) is 1.74. The van der Waals surface area contributed by atoms with Gasteiger partial charge in [0.2, 0.25) is 0 Å². The lowest BCUT2D eigenvalue weighted by atomic mass is 9.89. The summed E-state index contributed by atoms with van der Waals surface area (Å²) in [7, 11) is 0. The molecule has 1 aromatic carbocycles. The van der Waals surface area contributed by atoms with Crippen molar-refractivity contribution >= 4 is 11.3 Å². The maximum absolute atomic E-state index is 2.27. The molecule has 0 bridgehead atoms. The third-order valence-electron chi connectivity index (χ3n) is 2.43. The third-order valence-corrected chi connectivity index (χ3v) is 3.77. The van der Waals surface area contributed by atoms with E-state index < -0.39 is 0 Å². The Morgan fingerprint density at radius 3 is 2.20 bits per heavy atom. The molecule has 1 aromatic heterocycles. The van der Waals surface area contributed by atoms with E-state index in [1.165, 1.54) is 16.0 Å². The van der Waals surface area contributed by atoms with Crippen LogP contribution in [0.25, 0.3) is 11.1 Å². The van der Waals surface area contributed by atoms with Crippen molar-refractivity contribution in [2.45, 2.75) is 26.2 Å². The van der Waals surface area contributed by atoms with E-state index in [-0.39, 0.29) is 5.41 Å². The summed E-state index contributed by atoms with van der Waals surface area (Å²) in [6.07, 6.45) is 0. The Balaban J connectivity index is 2.51. The van der Waals surface area contributed by atoms with Crippen molar-refractivity contribution in [2.24, 2.45) is 0 Å². The van der Waals surface area contributed by atoms with Gasteiger partial charge in [-0.1, -0.05) is 51.1 Å². The molecule has 0 saturated carbocycles. The van der Waals surface area contributed by atoms with E-state index in [0.717, 1.165) is 0 Å². The normalized spacial score (nSPS) is 11.7. The van der Waals surface area contributed by atoms with E-state index in [1.54, 1.807) is 0 Å². The maximum Gasteiger partial charge on any atom is 0.0177 e. The molecule has 0 spiro atoms. The topological polar surface area (TPSA) is 0 Å². The van der Waals surface area contributed by atoms with E-state index in [9.17, 15) is 0 Å². The lowest BCUT2D eigenvalue weighted by Crippen LogP contribution is -2.09. The van der Waals surface area contributed by atoms with Crippen LogP contribution >= 0.6 is 11.3 Å². The lowest BCUT2D eigenvalue weighted by Gasteiger charge is -2.19. The minimum atomic E-state index is 0.235. The molecular weight excluding hydrogens is 200 g/mol. The van der Waals surface area contributed by atoms with Crippen molar-refractivity contribution in [1.82, 2.24) is 0 Å². The van der Waals surface area contributed by atoms with Gasteiger partial charge in [0.05, 0.1) is 0 Å².